The van der Waals surface area contributed by atoms with Gasteiger partial charge < -0.3 is 14.0 Å². The van der Waals surface area contributed by atoms with Gasteiger partial charge in [0.05, 0.1) is 0 Å². The topological polar surface area (TPSA) is 62.1 Å². The minimum atomic E-state index is 0.583. The van der Waals surface area contributed by atoms with Crippen molar-refractivity contribution in [3.63, 3.8) is 0 Å². The number of hydrogen-bond donors (Lipinski definition) is 0. The Morgan fingerprint density at radius 3 is 2.60 bits per heavy atom. The van der Waals surface area contributed by atoms with Crippen LogP contribution >= 0.6 is 27.7 Å². The number of thioether (sulfide) groups is 1. The number of fused-ring (bicyclic) bond motifs is 1. The quantitative estimate of drug-likeness (QED) is 0.601. The maximum atomic E-state index is 5.66. The number of benzene rings is 1. The van der Waals surface area contributed by atoms with E-state index < -0.39 is 0 Å². The van der Waals surface area contributed by atoms with E-state index in [0.29, 0.717) is 13.2 Å². The highest BCUT2D eigenvalue weighted by atomic mass is 79.9. The molecule has 1 aliphatic rings. The van der Waals surface area contributed by atoms with Crippen LogP contribution in [-0.2, 0) is 12.8 Å². The molecule has 0 atom stereocenters. The molecule has 6 nitrogen and oxygen atoms in total. The van der Waals surface area contributed by atoms with Gasteiger partial charge in [-0.3, -0.25) is 4.98 Å². The Hall–Kier alpha value is -2.06. The third kappa shape index (κ3) is 3.36. The predicted octanol–water partition coefficient (Wildman–Crippen LogP) is 3.70. The molecule has 0 fully saturated rings. The molecule has 0 spiro atoms. The summed E-state index contributed by atoms with van der Waals surface area (Å²) in [5, 5.41) is 9.46. The monoisotopic (exact) mass is 418 g/mol. The Bertz CT molecular complexity index is 901. The van der Waals surface area contributed by atoms with E-state index in [4.69, 9.17) is 9.47 Å². The van der Waals surface area contributed by atoms with Crippen LogP contribution in [0, 0.1) is 0 Å². The summed E-state index contributed by atoms with van der Waals surface area (Å²) in [6.07, 6.45) is 3.51. The molecule has 1 aromatic carbocycles. The number of rotatable bonds is 4. The van der Waals surface area contributed by atoms with E-state index in [1.54, 1.807) is 24.2 Å². The molecule has 0 saturated heterocycles. The lowest BCUT2D eigenvalue weighted by Gasteiger charge is -2.19. The van der Waals surface area contributed by atoms with Crippen molar-refractivity contribution >= 4 is 27.7 Å². The molecule has 2 aromatic heterocycles. The van der Waals surface area contributed by atoms with Gasteiger partial charge in [-0.1, -0.05) is 27.7 Å². The predicted molar refractivity (Wildman–Crippen MR) is 98.9 cm³/mol. The van der Waals surface area contributed by atoms with Gasteiger partial charge in [0, 0.05) is 35.2 Å². The molecule has 4 rings (SSSR count). The second kappa shape index (κ2) is 7.05. The minimum absolute atomic E-state index is 0.583. The van der Waals surface area contributed by atoms with Crippen LogP contribution in [-0.4, -0.2) is 33.0 Å². The number of nitrogens with zero attached hydrogens (tertiary/aromatic N) is 4. The lowest BCUT2D eigenvalue weighted by Crippen LogP contribution is -2.15. The fourth-order valence-corrected chi connectivity index (χ4v) is 4.10. The summed E-state index contributed by atoms with van der Waals surface area (Å²) in [7, 11) is 1.97. The number of aromatic nitrogens is 4. The third-order valence-corrected chi connectivity index (χ3v) is 5.65. The van der Waals surface area contributed by atoms with Crippen LogP contribution in [0.2, 0.25) is 0 Å². The molecular weight excluding hydrogens is 404 g/mol. The summed E-state index contributed by atoms with van der Waals surface area (Å²) in [5.41, 5.74) is 2.13. The van der Waals surface area contributed by atoms with Crippen molar-refractivity contribution < 1.29 is 9.47 Å². The van der Waals surface area contributed by atoms with Crippen LogP contribution in [0.1, 0.15) is 5.56 Å². The smallest absolute Gasteiger partial charge is 0.191 e. The van der Waals surface area contributed by atoms with E-state index in [1.165, 1.54) is 0 Å². The molecule has 25 heavy (non-hydrogen) atoms. The fourth-order valence-electron chi connectivity index (χ4n) is 2.55. The van der Waals surface area contributed by atoms with E-state index in [2.05, 4.69) is 31.1 Å². The van der Waals surface area contributed by atoms with Crippen LogP contribution in [0.25, 0.3) is 11.4 Å². The fraction of sp³-hybridized carbons (Fsp3) is 0.235. The highest BCUT2D eigenvalue weighted by Gasteiger charge is 2.16. The van der Waals surface area contributed by atoms with Crippen molar-refractivity contribution in [2.45, 2.75) is 10.9 Å². The second-order valence-electron chi connectivity index (χ2n) is 5.48. The molecule has 0 saturated carbocycles. The molecule has 1 aliphatic heterocycles. The summed E-state index contributed by atoms with van der Waals surface area (Å²) < 4.78 is 14.3. The van der Waals surface area contributed by atoms with Crippen molar-refractivity contribution in [2.24, 2.45) is 7.05 Å². The van der Waals surface area contributed by atoms with E-state index in [9.17, 15) is 0 Å². The average molecular weight is 419 g/mol. The highest BCUT2D eigenvalue weighted by molar-refractivity contribution is 9.10. The first kappa shape index (κ1) is 16.4. The molecular formula is C17H15BrN4O2S. The van der Waals surface area contributed by atoms with Gasteiger partial charge in [-0.15, -0.1) is 10.2 Å². The molecule has 8 heteroatoms. The van der Waals surface area contributed by atoms with Crippen molar-refractivity contribution in [1.29, 1.82) is 0 Å². The van der Waals surface area contributed by atoms with Crippen molar-refractivity contribution in [3.05, 3.63) is 46.7 Å². The Morgan fingerprint density at radius 2 is 1.84 bits per heavy atom. The standard InChI is InChI=1S/C17H15BrN4O2S/c1-22-16(11-2-4-19-5-3-11)20-21-17(22)25-10-12-8-14-15(9-13(12)18)24-7-6-23-14/h2-5,8-9H,6-7,10H2,1H3. The number of halogens is 1. The van der Waals surface area contributed by atoms with Gasteiger partial charge in [0.25, 0.3) is 0 Å². The summed E-state index contributed by atoms with van der Waals surface area (Å²) >= 11 is 5.24. The molecule has 0 N–H and O–H groups in total. The maximum Gasteiger partial charge on any atom is 0.191 e. The van der Waals surface area contributed by atoms with E-state index in [1.807, 2.05) is 35.9 Å². The Labute approximate surface area is 157 Å². The minimum Gasteiger partial charge on any atom is -0.486 e. The van der Waals surface area contributed by atoms with E-state index in [-0.39, 0.29) is 0 Å². The normalized spacial score (nSPS) is 13.0. The summed E-state index contributed by atoms with van der Waals surface area (Å²) in [6.45, 7) is 1.17. The van der Waals surface area contributed by atoms with Crippen molar-refractivity contribution in [3.8, 4) is 22.9 Å². The van der Waals surface area contributed by atoms with E-state index in [0.717, 1.165) is 43.8 Å². The van der Waals surface area contributed by atoms with Crippen molar-refractivity contribution in [2.75, 3.05) is 13.2 Å². The molecule has 0 radical (unpaired) electrons. The Kier molecular flexibility index (Phi) is 4.63. The molecule has 128 valence electrons. The van der Waals surface area contributed by atoms with Gasteiger partial charge >= 0.3 is 0 Å². The van der Waals surface area contributed by atoms with Gasteiger partial charge in [-0.2, -0.15) is 0 Å². The maximum absolute atomic E-state index is 5.66. The number of hydrogen-bond acceptors (Lipinski definition) is 6. The SMILES string of the molecule is Cn1c(SCc2cc3c(cc2Br)OCCO3)nnc1-c1ccncc1. The Morgan fingerprint density at radius 1 is 1.12 bits per heavy atom. The third-order valence-electron chi connectivity index (χ3n) is 3.84. The van der Waals surface area contributed by atoms with Crippen molar-refractivity contribution in [1.82, 2.24) is 19.7 Å². The first-order chi connectivity index (χ1) is 12.2. The second-order valence-corrected chi connectivity index (χ2v) is 7.27. The molecule has 3 heterocycles. The van der Waals surface area contributed by atoms with Gasteiger partial charge in [-0.25, -0.2) is 0 Å². The first-order valence-electron chi connectivity index (χ1n) is 7.73. The molecule has 0 unspecified atom stereocenters. The summed E-state index contributed by atoms with van der Waals surface area (Å²) in [6, 6.07) is 7.83. The molecule has 3 aromatic rings. The summed E-state index contributed by atoms with van der Waals surface area (Å²) in [4.78, 5) is 4.04. The molecule has 0 bridgehead atoms. The molecule has 0 aliphatic carbocycles. The zero-order valence-corrected chi connectivity index (χ0v) is 15.9. The van der Waals surface area contributed by atoms with Gasteiger partial charge in [0.2, 0.25) is 0 Å². The van der Waals surface area contributed by atoms with Gasteiger partial charge in [0.1, 0.15) is 13.2 Å². The highest BCUT2D eigenvalue weighted by Crippen LogP contribution is 2.37. The van der Waals surface area contributed by atoms with Crippen LogP contribution in [0.15, 0.2) is 46.3 Å². The lowest BCUT2D eigenvalue weighted by molar-refractivity contribution is 0.171. The first-order valence-corrected chi connectivity index (χ1v) is 9.51. The van der Waals surface area contributed by atoms with Gasteiger partial charge in [0.15, 0.2) is 22.5 Å². The summed E-state index contributed by atoms with van der Waals surface area (Å²) in [5.74, 6) is 3.15. The average Bonchev–Trinajstić information content (AvgIpc) is 3.01. The van der Waals surface area contributed by atoms with Crippen LogP contribution in [0.4, 0.5) is 0 Å². The zero-order valence-electron chi connectivity index (χ0n) is 13.5. The lowest BCUT2D eigenvalue weighted by atomic mass is 10.2. The largest absolute Gasteiger partial charge is 0.486 e. The van der Waals surface area contributed by atoms with E-state index >= 15 is 0 Å². The number of pyridine rings is 1. The van der Waals surface area contributed by atoms with Crippen LogP contribution in [0.5, 0.6) is 11.5 Å². The van der Waals surface area contributed by atoms with Crippen LogP contribution in [0.3, 0.4) is 0 Å². The van der Waals surface area contributed by atoms with Gasteiger partial charge in [-0.05, 0) is 29.8 Å². The Balaban J connectivity index is 1.53. The number of ether oxygens (including phenoxy) is 2. The van der Waals surface area contributed by atoms with Crippen LogP contribution < -0.4 is 9.47 Å². The molecule has 0 amide bonds. The zero-order chi connectivity index (χ0) is 17.2.